The van der Waals surface area contributed by atoms with Crippen molar-refractivity contribution in [1.29, 1.82) is 0 Å². The van der Waals surface area contributed by atoms with Crippen LogP contribution in [0.2, 0.25) is 0 Å². The standard InChI is InChI=1S/C29H42N4O4S/c1-7-26(29(35)30-25-13-8-9-14-25)32(19-24-12-10-11-21(2)17-24)28(34)20-33(38(36,37)31(5)6)27-18-22(3)15-16-23(27)4/h10-12,15-18,25-26H,7-9,13-14,19-20H2,1-6H3,(H,30,35). The van der Waals surface area contributed by atoms with E-state index in [9.17, 15) is 18.0 Å². The molecule has 0 bridgehead atoms. The van der Waals surface area contributed by atoms with Crippen LogP contribution in [0.5, 0.6) is 0 Å². The van der Waals surface area contributed by atoms with Gasteiger partial charge in [-0.2, -0.15) is 12.7 Å². The minimum atomic E-state index is -3.99. The summed E-state index contributed by atoms with van der Waals surface area (Å²) in [6.07, 6.45) is 4.47. The lowest BCUT2D eigenvalue weighted by molar-refractivity contribution is -0.140. The van der Waals surface area contributed by atoms with Crippen molar-refractivity contribution in [2.75, 3.05) is 24.9 Å². The summed E-state index contributed by atoms with van der Waals surface area (Å²) in [6, 6.07) is 12.7. The van der Waals surface area contributed by atoms with E-state index in [1.54, 1.807) is 11.0 Å². The first kappa shape index (κ1) is 29.6. The molecule has 1 aliphatic rings. The third kappa shape index (κ3) is 7.14. The van der Waals surface area contributed by atoms with E-state index in [1.807, 2.05) is 64.1 Å². The number of amides is 2. The lowest BCUT2D eigenvalue weighted by Crippen LogP contribution is -2.54. The Morgan fingerprint density at radius 2 is 1.66 bits per heavy atom. The first-order valence-electron chi connectivity index (χ1n) is 13.4. The molecule has 0 saturated heterocycles. The summed E-state index contributed by atoms with van der Waals surface area (Å²) >= 11 is 0. The van der Waals surface area contributed by atoms with Crippen molar-refractivity contribution in [3.8, 4) is 0 Å². The molecule has 1 fully saturated rings. The van der Waals surface area contributed by atoms with E-state index in [0.717, 1.165) is 56.5 Å². The van der Waals surface area contributed by atoms with Crippen LogP contribution in [-0.2, 0) is 26.3 Å². The maximum absolute atomic E-state index is 14.0. The predicted molar refractivity (Wildman–Crippen MR) is 152 cm³/mol. The minimum absolute atomic E-state index is 0.119. The van der Waals surface area contributed by atoms with Crippen molar-refractivity contribution >= 4 is 27.7 Å². The first-order chi connectivity index (χ1) is 17.9. The molecule has 0 spiro atoms. The monoisotopic (exact) mass is 542 g/mol. The fourth-order valence-corrected chi connectivity index (χ4v) is 6.10. The number of carbonyl (C=O) groups is 2. The Bertz CT molecular complexity index is 1240. The fraction of sp³-hybridized carbons (Fsp3) is 0.517. The van der Waals surface area contributed by atoms with Crippen molar-refractivity contribution < 1.29 is 18.0 Å². The Labute approximate surface area is 228 Å². The van der Waals surface area contributed by atoms with Crippen molar-refractivity contribution in [2.24, 2.45) is 0 Å². The van der Waals surface area contributed by atoms with Gasteiger partial charge in [0.15, 0.2) is 0 Å². The summed E-state index contributed by atoms with van der Waals surface area (Å²) < 4.78 is 29.2. The number of hydrogen-bond donors (Lipinski definition) is 1. The summed E-state index contributed by atoms with van der Waals surface area (Å²) in [7, 11) is -1.09. The molecule has 8 nitrogen and oxygen atoms in total. The normalized spacial score (nSPS) is 14.9. The van der Waals surface area contributed by atoms with Crippen LogP contribution in [0.25, 0.3) is 0 Å². The number of rotatable bonds is 11. The van der Waals surface area contributed by atoms with Gasteiger partial charge in [0.05, 0.1) is 5.69 Å². The average molecular weight is 543 g/mol. The molecular formula is C29H42N4O4S. The number of aryl methyl sites for hydroxylation is 3. The second-order valence-corrected chi connectivity index (χ2v) is 12.6. The summed E-state index contributed by atoms with van der Waals surface area (Å²) in [5.74, 6) is -0.611. The molecule has 1 unspecified atom stereocenters. The van der Waals surface area contributed by atoms with Crippen LogP contribution in [0.15, 0.2) is 42.5 Å². The molecule has 0 aliphatic heterocycles. The number of hydrogen-bond acceptors (Lipinski definition) is 4. The van der Waals surface area contributed by atoms with Crippen LogP contribution >= 0.6 is 0 Å². The highest BCUT2D eigenvalue weighted by molar-refractivity contribution is 7.90. The van der Waals surface area contributed by atoms with Gasteiger partial charge in [-0.25, -0.2) is 4.31 Å². The van der Waals surface area contributed by atoms with Gasteiger partial charge in [0.1, 0.15) is 12.6 Å². The van der Waals surface area contributed by atoms with E-state index < -0.39 is 28.7 Å². The lowest BCUT2D eigenvalue weighted by atomic mass is 10.1. The molecule has 0 radical (unpaired) electrons. The Morgan fingerprint density at radius 3 is 2.26 bits per heavy atom. The van der Waals surface area contributed by atoms with E-state index in [1.165, 1.54) is 14.1 Å². The van der Waals surface area contributed by atoms with Gasteiger partial charge >= 0.3 is 10.2 Å². The topological polar surface area (TPSA) is 90.0 Å². The van der Waals surface area contributed by atoms with E-state index in [0.29, 0.717) is 12.1 Å². The van der Waals surface area contributed by atoms with Crippen molar-refractivity contribution in [1.82, 2.24) is 14.5 Å². The van der Waals surface area contributed by atoms with Gasteiger partial charge in [-0.1, -0.05) is 61.7 Å². The maximum Gasteiger partial charge on any atom is 0.304 e. The Balaban J connectivity index is 2.00. The number of benzene rings is 2. The zero-order chi connectivity index (χ0) is 28.0. The third-order valence-electron chi connectivity index (χ3n) is 7.18. The summed E-state index contributed by atoms with van der Waals surface area (Å²) in [5.41, 5.74) is 4.01. The van der Waals surface area contributed by atoms with Crippen LogP contribution in [-0.4, -0.2) is 62.2 Å². The summed E-state index contributed by atoms with van der Waals surface area (Å²) in [6.45, 7) is 7.37. The molecule has 38 heavy (non-hydrogen) atoms. The SMILES string of the molecule is CCC(C(=O)NC1CCCC1)N(Cc1cccc(C)c1)C(=O)CN(c1cc(C)ccc1C)S(=O)(=O)N(C)C. The summed E-state index contributed by atoms with van der Waals surface area (Å²) in [5, 5.41) is 3.14. The van der Waals surface area contributed by atoms with Gasteiger partial charge in [0.2, 0.25) is 11.8 Å². The van der Waals surface area contributed by atoms with Gasteiger partial charge in [0.25, 0.3) is 0 Å². The Hall–Kier alpha value is -2.91. The Morgan fingerprint density at radius 1 is 1.00 bits per heavy atom. The minimum Gasteiger partial charge on any atom is -0.352 e. The zero-order valence-electron chi connectivity index (χ0n) is 23.5. The lowest BCUT2D eigenvalue weighted by Gasteiger charge is -2.34. The highest BCUT2D eigenvalue weighted by Crippen LogP contribution is 2.26. The second-order valence-electron chi connectivity index (χ2n) is 10.5. The van der Waals surface area contributed by atoms with Crippen LogP contribution < -0.4 is 9.62 Å². The molecule has 3 rings (SSSR count). The van der Waals surface area contributed by atoms with Gasteiger partial charge in [-0.15, -0.1) is 0 Å². The van der Waals surface area contributed by atoms with E-state index in [-0.39, 0.29) is 18.5 Å². The molecule has 2 amide bonds. The molecule has 2 aromatic carbocycles. The van der Waals surface area contributed by atoms with Gasteiger partial charge in [-0.05, 0) is 62.8 Å². The van der Waals surface area contributed by atoms with Crippen molar-refractivity contribution in [3.63, 3.8) is 0 Å². The molecular weight excluding hydrogens is 500 g/mol. The van der Waals surface area contributed by atoms with Crippen LogP contribution in [0.3, 0.4) is 0 Å². The number of anilines is 1. The Kier molecular flexibility index (Phi) is 9.95. The maximum atomic E-state index is 14.0. The molecule has 9 heteroatoms. The van der Waals surface area contributed by atoms with E-state index in [4.69, 9.17) is 0 Å². The number of nitrogens with one attached hydrogen (secondary N) is 1. The van der Waals surface area contributed by atoms with Crippen LogP contribution in [0, 0.1) is 20.8 Å². The van der Waals surface area contributed by atoms with Crippen LogP contribution in [0.1, 0.15) is 61.3 Å². The quantitative estimate of drug-likeness (QED) is 0.463. The highest BCUT2D eigenvalue weighted by Gasteiger charge is 2.35. The molecule has 2 aromatic rings. The predicted octanol–water partition coefficient (Wildman–Crippen LogP) is 4.09. The van der Waals surface area contributed by atoms with Crippen LogP contribution in [0.4, 0.5) is 5.69 Å². The van der Waals surface area contributed by atoms with Crippen molar-refractivity contribution in [3.05, 3.63) is 64.7 Å². The van der Waals surface area contributed by atoms with Gasteiger partial charge in [-0.3, -0.25) is 9.59 Å². The zero-order valence-corrected chi connectivity index (χ0v) is 24.3. The number of carbonyl (C=O) groups excluding carboxylic acids is 2. The number of nitrogens with zero attached hydrogens (tertiary/aromatic N) is 3. The fourth-order valence-electron chi connectivity index (χ4n) is 4.98. The first-order valence-corrected chi connectivity index (χ1v) is 14.8. The molecule has 1 aliphatic carbocycles. The molecule has 1 N–H and O–H groups in total. The third-order valence-corrected chi connectivity index (χ3v) is 8.98. The molecule has 1 atom stereocenters. The highest BCUT2D eigenvalue weighted by atomic mass is 32.2. The molecule has 208 valence electrons. The van der Waals surface area contributed by atoms with E-state index >= 15 is 0 Å². The second kappa shape index (κ2) is 12.8. The van der Waals surface area contributed by atoms with E-state index in [2.05, 4.69) is 5.32 Å². The van der Waals surface area contributed by atoms with Gasteiger partial charge < -0.3 is 10.2 Å². The van der Waals surface area contributed by atoms with Crippen molar-refractivity contribution in [2.45, 2.75) is 78.4 Å². The molecule has 0 aromatic heterocycles. The smallest absolute Gasteiger partial charge is 0.304 e. The largest absolute Gasteiger partial charge is 0.352 e. The molecule has 0 heterocycles. The average Bonchev–Trinajstić information content (AvgIpc) is 3.36. The summed E-state index contributed by atoms with van der Waals surface area (Å²) in [4.78, 5) is 29.0. The molecule has 1 saturated carbocycles. The van der Waals surface area contributed by atoms with Gasteiger partial charge in [0, 0.05) is 26.7 Å².